The molecule has 7 nitrogen and oxygen atoms in total. The van der Waals surface area contributed by atoms with Crippen LogP contribution in [0.25, 0.3) is 11.4 Å². The van der Waals surface area contributed by atoms with Crippen molar-refractivity contribution in [2.24, 2.45) is 5.92 Å². The van der Waals surface area contributed by atoms with Crippen molar-refractivity contribution in [3.05, 3.63) is 53.7 Å². The molecule has 0 radical (unpaired) electrons. The first-order chi connectivity index (χ1) is 15.1. The van der Waals surface area contributed by atoms with Gasteiger partial charge >= 0.3 is 0 Å². The number of aromatic amines is 1. The van der Waals surface area contributed by atoms with Crippen molar-refractivity contribution in [1.29, 1.82) is 0 Å². The molecule has 1 unspecified atom stereocenters. The highest BCUT2D eigenvalue weighted by molar-refractivity contribution is 5.61. The maximum Gasteiger partial charge on any atom is 0.163 e. The van der Waals surface area contributed by atoms with E-state index in [1.165, 1.54) is 30.6 Å². The monoisotopic (exact) mass is 417 g/mol. The first-order valence-corrected chi connectivity index (χ1v) is 11.4. The van der Waals surface area contributed by atoms with Crippen molar-refractivity contribution in [1.82, 2.24) is 30.0 Å². The number of aromatic nitrogens is 5. The van der Waals surface area contributed by atoms with E-state index in [-0.39, 0.29) is 5.41 Å². The van der Waals surface area contributed by atoms with Gasteiger partial charge in [-0.25, -0.2) is 9.97 Å². The number of anilines is 1. The standard InChI is InChI=1S/C24H31N7/c1-17(2)15-31-12-4-8-24(16-31)9-6-20-21(24)28-22(18-5-3-10-25-13-18)29-23(20)26-14-19-7-11-27-30-19/h3,5,7,10-11,13,17H,4,6,8-9,12,14-16H2,1-2H3,(H,27,30)(H,26,28,29). The van der Waals surface area contributed by atoms with Crippen molar-refractivity contribution in [2.75, 3.05) is 25.0 Å². The molecule has 1 spiro atoms. The van der Waals surface area contributed by atoms with Gasteiger partial charge in [0.15, 0.2) is 5.82 Å². The van der Waals surface area contributed by atoms with Crippen LogP contribution < -0.4 is 5.32 Å². The predicted octanol–water partition coefficient (Wildman–Crippen LogP) is 3.81. The third kappa shape index (κ3) is 4.06. The minimum atomic E-state index is 0.132. The number of H-pyrrole nitrogens is 1. The fourth-order valence-electron chi connectivity index (χ4n) is 5.27. The molecular weight excluding hydrogens is 386 g/mol. The van der Waals surface area contributed by atoms with Crippen LogP contribution in [-0.4, -0.2) is 49.7 Å². The molecule has 3 aromatic heterocycles. The normalized spacial score (nSPS) is 21.0. The van der Waals surface area contributed by atoms with Gasteiger partial charge in [0.1, 0.15) is 5.82 Å². The molecule has 1 saturated heterocycles. The Morgan fingerprint density at radius 1 is 1.19 bits per heavy atom. The number of piperidine rings is 1. The zero-order chi connectivity index (χ0) is 21.3. The molecule has 0 aromatic carbocycles. The fourth-order valence-corrected chi connectivity index (χ4v) is 5.27. The quantitative estimate of drug-likeness (QED) is 0.635. The predicted molar refractivity (Wildman–Crippen MR) is 122 cm³/mol. The maximum absolute atomic E-state index is 5.18. The summed E-state index contributed by atoms with van der Waals surface area (Å²) in [5.41, 5.74) is 4.68. The molecule has 2 aliphatic rings. The van der Waals surface area contributed by atoms with Crippen molar-refractivity contribution >= 4 is 5.82 Å². The molecule has 1 aliphatic heterocycles. The second-order valence-corrected chi connectivity index (χ2v) is 9.41. The molecule has 0 bridgehead atoms. The number of pyridine rings is 1. The summed E-state index contributed by atoms with van der Waals surface area (Å²) in [4.78, 5) is 17.1. The van der Waals surface area contributed by atoms with Crippen molar-refractivity contribution < 1.29 is 0 Å². The average molecular weight is 418 g/mol. The van der Waals surface area contributed by atoms with Gasteiger partial charge in [-0.1, -0.05) is 13.8 Å². The Hall–Kier alpha value is -2.80. The van der Waals surface area contributed by atoms with E-state index in [9.17, 15) is 0 Å². The Labute approximate surface area is 183 Å². The van der Waals surface area contributed by atoms with E-state index < -0.39 is 0 Å². The second kappa shape index (κ2) is 8.38. The highest BCUT2D eigenvalue weighted by Crippen LogP contribution is 2.46. The number of nitrogens with zero attached hydrogens (tertiary/aromatic N) is 5. The lowest BCUT2D eigenvalue weighted by molar-refractivity contribution is 0.130. The van der Waals surface area contributed by atoms with Gasteiger partial charge in [-0.05, 0) is 56.3 Å². The Morgan fingerprint density at radius 3 is 2.90 bits per heavy atom. The molecule has 1 aliphatic carbocycles. The van der Waals surface area contributed by atoms with Gasteiger partial charge in [0.05, 0.1) is 17.9 Å². The molecule has 3 aromatic rings. The van der Waals surface area contributed by atoms with Crippen LogP contribution in [-0.2, 0) is 18.4 Å². The molecule has 7 heteroatoms. The van der Waals surface area contributed by atoms with Crippen LogP contribution in [0, 0.1) is 5.92 Å². The van der Waals surface area contributed by atoms with Crippen LogP contribution in [0.3, 0.4) is 0 Å². The minimum absolute atomic E-state index is 0.132. The van der Waals surface area contributed by atoms with Crippen LogP contribution in [0.15, 0.2) is 36.8 Å². The van der Waals surface area contributed by atoms with Gasteiger partial charge in [0.25, 0.3) is 0 Å². The lowest BCUT2D eigenvalue weighted by Gasteiger charge is -2.41. The van der Waals surface area contributed by atoms with Crippen LogP contribution >= 0.6 is 0 Å². The highest BCUT2D eigenvalue weighted by Gasteiger charge is 2.45. The molecular formula is C24H31N7. The largest absolute Gasteiger partial charge is 0.364 e. The molecule has 4 heterocycles. The fraction of sp³-hybridized carbons (Fsp3) is 0.500. The van der Waals surface area contributed by atoms with Crippen LogP contribution in [0.5, 0.6) is 0 Å². The van der Waals surface area contributed by atoms with Gasteiger partial charge in [-0.3, -0.25) is 10.1 Å². The van der Waals surface area contributed by atoms with Crippen molar-refractivity contribution in [2.45, 2.75) is 51.5 Å². The second-order valence-electron chi connectivity index (χ2n) is 9.41. The summed E-state index contributed by atoms with van der Waals surface area (Å²) in [6.07, 6.45) is 10.1. The average Bonchev–Trinajstić information content (AvgIpc) is 3.41. The van der Waals surface area contributed by atoms with Crippen LogP contribution in [0.4, 0.5) is 5.82 Å². The van der Waals surface area contributed by atoms with E-state index in [2.05, 4.69) is 39.2 Å². The molecule has 1 atom stereocenters. The Morgan fingerprint density at radius 2 is 2.13 bits per heavy atom. The number of hydrogen-bond acceptors (Lipinski definition) is 6. The van der Waals surface area contributed by atoms with Crippen LogP contribution in [0.2, 0.25) is 0 Å². The Bertz CT molecular complexity index is 1020. The van der Waals surface area contributed by atoms with Gasteiger partial charge in [0.2, 0.25) is 0 Å². The van der Waals surface area contributed by atoms with Crippen molar-refractivity contribution in [3.63, 3.8) is 0 Å². The first-order valence-electron chi connectivity index (χ1n) is 11.4. The minimum Gasteiger partial charge on any atom is -0.364 e. The van der Waals surface area contributed by atoms with E-state index in [1.54, 1.807) is 12.4 Å². The van der Waals surface area contributed by atoms with E-state index in [4.69, 9.17) is 9.97 Å². The van der Waals surface area contributed by atoms with Gasteiger partial charge in [-0.2, -0.15) is 5.10 Å². The lowest BCUT2D eigenvalue weighted by atomic mass is 9.77. The van der Waals surface area contributed by atoms with E-state index in [0.29, 0.717) is 12.5 Å². The summed E-state index contributed by atoms with van der Waals surface area (Å²) in [6.45, 7) is 8.74. The summed E-state index contributed by atoms with van der Waals surface area (Å²) in [6, 6.07) is 5.98. The van der Waals surface area contributed by atoms with Gasteiger partial charge in [-0.15, -0.1) is 0 Å². The number of nitrogens with one attached hydrogen (secondary N) is 2. The van der Waals surface area contributed by atoms with E-state index in [0.717, 1.165) is 48.8 Å². The third-order valence-electron chi connectivity index (χ3n) is 6.57. The summed E-state index contributed by atoms with van der Waals surface area (Å²) in [7, 11) is 0. The maximum atomic E-state index is 5.18. The summed E-state index contributed by atoms with van der Waals surface area (Å²) < 4.78 is 0. The zero-order valence-electron chi connectivity index (χ0n) is 18.4. The molecule has 31 heavy (non-hydrogen) atoms. The van der Waals surface area contributed by atoms with E-state index >= 15 is 0 Å². The topological polar surface area (TPSA) is 82.6 Å². The molecule has 162 valence electrons. The lowest BCUT2D eigenvalue weighted by Crippen LogP contribution is -2.46. The number of rotatable bonds is 6. The molecule has 2 N–H and O–H groups in total. The number of likely N-dealkylation sites (tertiary alicyclic amines) is 1. The first kappa shape index (κ1) is 20.1. The summed E-state index contributed by atoms with van der Waals surface area (Å²) >= 11 is 0. The highest BCUT2D eigenvalue weighted by atomic mass is 15.2. The zero-order valence-corrected chi connectivity index (χ0v) is 18.4. The van der Waals surface area contributed by atoms with Crippen molar-refractivity contribution in [3.8, 4) is 11.4 Å². The third-order valence-corrected chi connectivity index (χ3v) is 6.57. The van der Waals surface area contributed by atoms with E-state index in [1.807, 2.05) is 24.4 Å². The van der Waals surface area contributed by atoms with Gasteiger partial charge < -0.3 is 10.2 Å². The molecule has 1 fully saturated rings. The number of fused-ring (bicyclic) bond motifs is 2. The molecule has 5 rings (SSSR count). The molecule has 0 saturated carbocycles. The number of hydrogen-bond donors (Lipinski definition) is 2. The Balaban J connectivity index is 1.53. The SMILES string of the molecule is CC(C)CN1CCCC2(CCc3c(NCc4ccn[nH]4)nc(-c4cccnc4)nc32)C1. The van der Waals surface area contributed by atoms with Gasteiger partial charge in [0, 0.05) is 48.2 Å². The summed E-state index contributed by atoms with van der Waals surface area (Å²) in [5.74, 6) is 2.40. The smallest absolute Gasteiger partial charge is 0.163 e. The van der Waals surface area contributed by atoms with Crippen LogP contribution in [0.1, 0.15) is 50.1 Å². The summed E-state index contributed by atoms with van der Waals surface area (Å²) in [5, 5.41) is 10.7. The Kier molecular flexibility index (Phi) is 5.44. The molecule has 0 amide bonds.